The lowest BCUT2D eigenvalue weighted by Crippen LogP contribution is -2.44. The van der Waals surface area contributed by atoms with Crippen LogP contribution in [0.5, 0.6) is 11.5 Å². The standard InChI is InChI=1S/C20H32F2N4O3/c1-4-23-20(25-14-15(2)26-9-11-28-12-10-26)24-8-7-16-5-6-17(27-3)18(13-16)29-19(21)22/h5-6,13,15,19H,4,7-12,14H2,1-3H3,(H2,23,24,25). The highest BCUT2D eigenvalue weighted by Crippen LogP contribution is 2.29. The van der Waals surface area contributed by atoms with Gasteiger partial charge in [0.1, 0.15) is 0 Å². The third-order valence-electron chi connectivity index (χ3n) is 4.68. The normalized spacial score (nSPS) is 16.6. The van der Waals surface area contributed by atoms with Crippen LogP contribution in [0.3, 0.4) is 0 Å². The molecule has 0 aliphatic carbocycles. The second-order valence-corrected chi connectivity index (χ2v) is 6.76. The highest BCUT2D eigenvalue weighted by molar-refractivity contribution is 5.79. The van der Waals surface area contributed by atoms with Gasteiger partial charge in [-0.05, 0) is 38.0 Å². The Morgan fingerprint density at radius 1 is 1.24 bits per heavy atom. The summed E-state index contributed by atoms with van der Waals surface area (Å²) in [5, 5.41) is 6.53. The van der Waals surface area contributed by atoms with Crippen LogP contribution in [0.15, 0.2) is 23.2 Å². The second-order valence-electron chi connectivity index (χ2n) is 6.76. The molecule has 9 heteroatoms. The molecule has 1 heterocycles. The molecule has 29 heavy (non-hydrogen) atoms. The zero-order valence-corrected chi connectivity index (χ0v) is 17.4. The smallest absolute Gasteiger partial charge is 0.387 e. The van der Waals surface area contributed by atoms with Gasteiger partial charge < -0.3 is 24.8 Å². The Morgan fingerprint density at radius 3 is 2.66 bits per heavy atom. The van der Waals surface area contributed by atoms with Crippen molar-refractivity contribution in [3.8, 4) is 11.5 Å². The summed E-state index contributed by atoms with van der Waals surface area (Å²) in [6.07, 6.45) is 0.632. The predicted molar refractivity (Wildman–Crippen MR) is 109 cm³/mol. The molecular formula is C20H32F2N4O3. The number of hydrogen-bond acceptors (Lipinski definition) is 5. The number of guanidine groups is 1. The number of alkyl halides is 2. The van der Waals surface area contributed by atoms with Crippen LogP contribution in [0.4, 0.5) is 8.78 Å². The number of hydrogen-bond donors (Lipinski definition) is 2. The number of rotatable bonds is 10. The van der Waals surface area contributed by atoms with Gasteiger partial charge in [-0.15, -0.1) is 0 Å². The van der Waals surface area contributed by atoms with Crippen molar-refractivity contribution < 1.29 is 23.0 Å². The largest absolute Gasteiger partial charge is 0.493 e. The number of nitrogens with zero attached hydrogens (tertiary/aromatic N) is 2. The first-order valence-corrected chi connectivity index (χ1v) is 9.99. The van der Waals surface area contributed by atoms with E-state index < -0.39 is 6.61 Å². The van der Waals surface area contributed by atoms with Crippen LogP contribution in [-0.4, -0.2) is 76.6 Å². The Hall–Kier alpha value is -2.13. The van der Waals surface area contributed by atoms with E-state index in [1.807, 2.05) is 13.0 Å². The van der Waals surface area contributed by atoms with E-state index >= 15 is 0 Å². The number of aliphatic imine (C=N–C) groups is 1. The van der Waals surface area contributed by atoms with Gasteiger partial charge in [-0.1, -0.05) is 6.07 Å². The van der Waals surface area contributed by atoms with E-state index in [0.29, 0.717) is 25.6 Å². The van der Waals surface area contributed by atoms with Crippen molar-refractivity contribution in [2.75, 3.05) is 53.0 Å². The van der Waals surface area contributed by atoms with Crippen molar-refractivity contribution in [1.29, 1.82) is 0 Å². The van der Waals surface area contributed by atoms with Gasteiger partial charge in [-0.25, -0.2) is 0 Å². The van der Waals surface area contributed by atoms with Crippen LogP contribution < -0.4 is 20.1 Å². The van der Waals surface area contributed by atoms with Crippen LogP contribution in [0.1, 0.15) is 19.4 Å². The zero-order chi connectivity index (χ0) is 21.1. The summed E-state index contributed by atoms with van der Waals surface area (Å²) in [7, 11) is 1.42. The SMILES string of the molecule is CCNC(=NCC(C)N1CCOCC1)NCCc1ccc(OC)c(OC(F)F)c1. The Labute approximate surface area is 171 Å². The number of methoxy groups -OCH3 is 1. The third kappa shape index (κ3) is 8.02. The van der Waals surface area contributed by atoms with Crippen LogP contribution in [0.2, 0.25) is 0 Å². The number of morpholine rings is 1. The Morgan fingerprint density at radius 2 is 2.00 bits per heavy atom. The van der Waals surface area contributed by atoms with Gasteiger partial charge >= 0.3 is 6.61 Å². The highest BCUT2D eigenvalue weighted by Gasteiger charge is 2.16. The molecule has 0 amide bonds. The first-order chi connectivity index (χ1) is 14.0. The summed E-state index contributed by atoms with van der Waals surface area (Å²) in [4.78, 5) is 7.05. The zero-order valence-electron chi connectivity index (χ0n) is 17.4. The molecule has 2 N–H and O–H groups in total. The molecule has 7 nitrogen and oxygen atoms in total. The summed E-state index contributed by atoms with van der Waals surface area (Å²) >= 11 is 0. The maximum atomic E-state index is 12.6. The quantitative estimate of drug-likeness (QED) is 0.452. The van der Waals surface area contributed by atoms with Crippen molar-refractivity contribution in [2.45, 2.75) is 32.9 Å². The number of benzene rings is 1. The van der Waals surface area contributed by atoms with Crippen molar-refractivity contribution in [2.24, 2.45) is 4.99 Å². The summed E-state index contributed by atoms with van der Waals surface area (Å²) in [6.45, 7) is 6.74. The van der Waals surface area contributed by atoms with Gasteiger partial charge in [0.15, 0.2) is 17.5 Å². The Kier molecular flexibility index (Phi) is 9.93. The number of halogens is 2. The molecule has 0 bridgehead atoms. The Balaban J connectivity index is 1.88. The van der Waals surface area contributed by atoms with Crippen molar-refractivity contribution in [3.05, 3.63) is 23.8 Å². The fraction of sp³-hybridized carbons (Fsp3) is 0.650. The minimum atomic E-state index is -2.89. The molecule has 164 valence electrons. The molecular weight excluding hydrogens is 382 g/mol. The van der Waals surface area contributed by atoms with E-state index in [-0.39, 0.29) is 11.5 Å². The molecule has 2 rings (SSSR count). The molecule has 0 saturated carbocycles. The maximum absolute atomic E-state index is 12.6. The Bertz CT molecular complexity index is 640. The monoisotopic (exact) mass is 414 g/mol. The van der Waals surface area contributed by atoms with E-state index in [0.717, 1.165) is 44.4 Å². The molecule has 1 aromatic carbocycles. The van der Waals surface area contributed by atoms with Crippen LogP contribution in [0.25, 0.3) is 0 Å². The summed E-state index contributed by atoms with van der Waals surface area (Å²) in [5.74, 6) is 1.07. The summed E-state index contributed by atoms with van der Waals surface area (Å²) in [5.41, 5.74) is 0.867. The van der Waals surface area contributed by atoms with E-state index in [2.05, 4.69) is 32.2 Å². The van der Waals surface area contributed by atoms with Crippen molar-refractivity contribution >= 4 is 5.96 Å². The molecule has 0 radical (unpaired) electrons. The topological polar surface area (TPSA) is 67.4 Å². The van der Waals surface area contributed by atoms with Gasteiger partial charge in [0, 0.05) is 32.2 Å². The minimum absolute atomic E-state index is 0.0416. The van der Waals surface area contributed by atoms with Crippen LogP contribution in [-0.2, 0) is 11.2 Å². The molecule has 1 saturated heterocycles. The van der Waals surface area contributed by atoms with Crippen molar-refractivity contribution in [1.82, 2.24) is 15.5 Å². The lowest BCUT2D eigenvalue weighted by molar-refractivity contribution is -0.0512. The fourth-order valence-electron chi connectivity index (χ4n) is 3.09. The first kappa shape index (κ1) is 23.2. The molecule has 0 spiro atoms. The fourth-order valence-corrected chi connectivity index (χ4v) is 3.09. The molecule has 0 aromatic heterocycles. The van der Waals surface area contributed by atoms with E-state index in [4.69, 9.17) is 9.47 Å². The van der Waals surface area contributed by atoms with Crippen molar-refractivity contribution in [3.63, 3.8) is 0 Å². The van der Waals surface area contributed by atoms with Crippen LogP contribution >= 0.6 is 0 Å². The molecule has 1 aliphatic heterocycles. The molecule has 1 unspecified atom stereocenters. The van der Waals surface area contributed by atoms with E-state index in [1.54, 1.807) is 12.1 Å². The lowest BCUT2D eigenvalue weighted by Gasteiger charge is -2.31. The number of nitrogens with one attached hydrogen (secondary N) is 2. The second kappa shape index (κ2) is 12.4. The van der Waals surface area contributed by atoms with Gasteiger partial charge in [0.25, 0.3) is 0 Å². The predicted octanol–water partition coefficient (Wildman–Crippen LogP) is 2.11. The van der Waals surface area contributed by atoms with E-state index in [9.17, 15) is 8.78 Å². The van der Waals surface area contributed by atoms with Gasteiger partial charge in [0.05, 0.1) is 26.9 Å². The van der Waals surface area contributed by atoms with Gasteiger partial charge in [0.2, 0.25) is 0 Å². The molecule has 1 atom stereocenters. The van der Waals surface area contributed by atoms with Gasteiger partial charge in [-0.3, -0.25) is 9.89 Å². The molecule has 1 aromatic rings. The number of ether oxygens (including phenoxy) is 3. The van der Waals surface area contributed by atoms with Gasteiger partial charge in [-0.2, -0.15) is 8.78 Å². The summed E-state index contributed by atoms with van der Waals surface area (Å²) < 4.78 is 40.1. The minimum Gasteiger partial charge on any atom is -0.493 e. The molecule has 1 aliphatic rings. The lowest BCUT2D eigenvalue weighted by atomic mass is 10.1. The third-order valence-corrected chi connectivity index (χ3v) is 4.68. The van der Waals surface area contributed by atoms with E-state index in [1.165, 1.54) is 7.11 Å². The average Bonchev–Trinajstić information content (AvgIpc) is 2.72. The highest BCUT2D eigenvalue weighted by atomic mass is 19.3. The van der Waals surface area contributed by atoms with Crippen LogP contribution in [0, 0.1) is 0 Å². The summed E-state index contributed by atoms with van der Waals surface area (Å²) in [6, 6.07) is 5.39. The molecule has 1 fully saturated rings. The average molecular weight is 414 g/mol. The first-order valence-electron chi connectivity index (χ1n) is 9.99. The maximum Gasteiger partial charge on any atom is 0.387 e.